The number of hydrogen-bond acceptors (Lipinski definition) is 3. The highest BCUT2D eigenvalue weighted by atomic mass is 79.9. The number of benzene rings is 3. The molecule has 0 aliphatic heterocycles. The Labute approximate surface area is 247 Å². The second-order valence-corrected chi connectivity index (χ2v) is 12.3. The Morgan fingerprint density at radius 1 is 0.921 bits per heavy atom. The van der Waals surface area contributed by atoms with E-state index in [2.05, 4.69) is 21.2 Å². The average molecular weight is 634 g/mol. The van der Waals surface area contributed by atoms with Crippen LogP contribution in [0.4, 0.5) is 0 Å². The Balaban J connectivity index is 1.57. The molecule has 0 bridgehead atoms. The zero-order valence-corrected chi connectivity index (χ0v) is 25.0. The number of amides is 2. The minimum absolute atomic E-state index is 0.0923. The van der Waals surface area contributed by atoms with Gasteiger partial charge in [0.25, 0.3) is 0 Å². The molecule has 38 heavy (non-hydrogen) atoms. The number of carbonyl (C=O) groups is 2. The van der Waals surface area contributed by atoms with Gasteiger partial charge in [-0.1, -0.05) is 101 Å². The Morgan fingerprint density at radius 2 is 1.58 bits per heavy atom. The van der Waals surface area contributed by atoms with E-state index in [0.717, 1.165) is 46.8 Å². The zero-order chi connectivity index (χ0) is 26.9. The van der Waals surface area contributed by atoms with Crippen LogP contribution < -0.4 is 5.32 Å². The van der Waals surface area contributed by atoms with Gasteiger partial charge in [0.15, 0.2) is 0 Å². The van der Waals surface area contributed by atoms with E-state index in [9.17, 15) is 9.59 Å². The monoisotopic (exact) mass is 632 g/mol. The molecule has 0 unspecified atom stereocenters. The predicted octanol–water partition coefficient (Wildman–Crippen LogP) is 7.69. The maximum absolute atomic E-state index is 13.8. The molecule has 0 saturated heterocycles. The van der Waals surface area contributed by atoms with Crippen LogP contribution in [0.1, 0.15) is 42.4 Å². The minimum atomic E-state index is -0.626. The summed E-state index contributed by atoms with van der Waals surface area (Å²) < 4.78 is 0.964. The Kier molecular flexibility index (Phi) is 11.0. The van der Waals surface area contributed by atoms with Crippen molar-refractivity contribution in [1.29, 1.82) is 0 Å². The molecule has 1 fully saturated rings. The molecule has 2 amide bonds. The SMILES string of the molecule is O=C(NC1CCCC1)[C@H](Cc1ccccc1)N(Cc1ccc(Br)cc1)C(=O)CSCc1c(Cl)cccc1Cl. The van der Waals surface area contributed by atoms with Crippen molar-refractivity contribution in [3.05, 3.63) is 104 Å². The first kappa shape index (κ1) is 29.0. The number of nitrogens with one attached hydrogen (secondary N) is 1. The maximum atomic E-state index is 13.8. The van der Waals surface area contributed by atoms with E-state index >= 15 is 0 Å². The molecule has 0 radical (unpaired) electrons. The van der Waals surface area contributed by atoms with E-state index in [-0.39, 0.29) is 23.6 Å². The van der Waals surface area contributed by atoms with E-state index < -0.39 is 6.04 Å². The van der Waals surface area contributed by atoms with Gasteiger partial charge in [-0.2, -0.15) is 0 Å². The molecule has 3 aromatic carbocycles. The largest absolute Gasteiger partial charge is 0.352 e. The Hall–Kier alpha value is -1.99. The predicted molar refractivity (Wildman–Crippen MR) is 162 cm³/mol. The number of nitrogens with zero attached hydrogens (tertiary/aromatic N) is 1. The molecule has 1 N–H and O–H groups in total. The van der Waals surface area contributed by atoms with E-state index in [1.54, 1.807) is 23.1 Å². The third-order valence-electron chi connectivity index (χ3n) is 6.77. The van der Waals surface area contributed by atoms with Crippen LogP contribution in [0.25, 0.3) is 0 Å². The first-order valence-corrected chi connectivity index (χ1v) is 15.5. The van der Waals surface area contributed by atoms with Gasteiger partial charge in [-0.3, -0.25) is 9.59 Å². The van der Waals surface area contributed by atoms with E-state index in [1.807, 2.05) is 54.6 Å². The molecular formula is C30H31BrCl2N2O2S. The van der Waals surface area contributed by atoms with Crippen LogP contribution >= 0.6 is 50.9 Å². The number of thioether (sulfide) groups is 1. The first-order chi connectivity index (χ1) is 18.4. The van der Waals surface area contributed by atoms with Crippen molar-refractivity contribution in [1.82, 2.24) is 10.2 Å². The van der Waals surface area contributed by atoms with Crippen molar-refractivity contribution >= 4 is 62.7 Å². The Bertz CT molecular complexity index is 1200. The van der Waals surface area contributed by atoms with Crippen LogP contribution in [0, 0.1) is 0 Å². The lowest BCUT2D eigenvalue weighted by Gasteiger charge is -2.32. The summed E-state index contributed by atoms with van der Waals surface area (Å²) in [6, 6.07) is 22.7. The van der Waals surface area contributed by atoms with Gasteiger partial charge in [0.05, 0.1) is 5.75 Å². The number of halogens is 3. The number of rotatable bonds is 11. The van der Waals surface area contributed by atoms with Crippen LogP contribution in [0.3, 0.4) is 0 Å². The van der Waals surface area contributed by atoms with Crippen molar-refractivity contribution in [2.45, 2.75) is 56.5 Å². The summed E-state index contributed by atoms with van der Waals surface area (Å²) in [6.07, 6.45) is 4.66. The fraction of sp³-hybridized carbons (Fsp3) is 0.333. The molecular weight excluding hydrogens is 603 g/mol. The topological polar surface area (TPSA) is 49.4 Å². The summed E-state index contributed by atoms with van der Waals surface area (Å²) in [7, 11) is 0. The normalized spacial score (nSPS) is 14.3. The standard InChI is InChI=1S/C30H31BrCl2N2O2S/c31-23-15-13-22(14-16-23)18-35(29(36)20-38-19-25-26(32)11-6-12-27(25)33)28(17-21-7-2-1-3-8-21)30(37)34-24-9-4-5-10-24/h1-3,6-8,11-16,24,28H,4-5,9-10,17-20H2,(H,34,37)/t28-/m0/s1. The maximum Gasteiger partial charge on any atom is 0.243 e. The lowest BCUT2D eigenvalue weighted by Crippen LogP contribution is -2.52. The van der Waals surface area contributed by atoms with Gasteiger partial charge >= 0.3 is 0 Å². The van der Waals surface area contributed by atoms with Gasteiger partial charge in [0.2, 0.25) is 11.8 Å². The van der Waals surface area contributed by atoms with Crippen molar-refractivity contribution in [2.75, 3.05) is 5.75 Å². The molecule has 0 aromatic heterocycles. The van der Waals surface area contributed by atoms with Gasteiger partial charge in [-0.15, -0.1) is 11.8 Å². The lowest BCUT2D eigenvalue weighted by molar-refractivity contribution is -0.139. The third kappa shape index (κ3) is 8.25. The van der Waals surface area contributed by atoms with Crippen molar-refractivity contribution in [3.63, 3.8) is 0 Å². The van der Waals surface area contributed by atoms with Crippen LogP contribution in [0.2, 0.25) is 10.0 Å². The summed E-state index contributed by atoms with van der Waals surface area (Å²) >= 11 is 17.6. The third-order valence-corrected chi connectivity index (χ3v) is 8.95. The number of carbonyl (C=O) groups excluding carboxylic acids is 2. The van der Waals surface area contributed by atoms with Crippen LogP contribution in [0.5, 0.6) is 0 Å². The van der Waals surface area contributed by atoms with E-state index in [0.29, 0.717) is 28.8 Å². The van der Waals surface area contributed by atoms with Crippen molar-refractivity contribution in [2.24, 2.45) is 0 Å². The minimum Gasteiger partial charge on any atom is -0.352 e. The molecule has 1 aliphatic carbocycles. The molecule has 1 aliphatic rings. The van der Waals surface area contributed by atoms with Gasteiger partial charge in [-0.25, -0.2) is 0 Å². The summed E-state index contributed by atoms with van der Waals surface area (Å²) in [5.74, 6) is 0.530. The van der Waals surface area contributed by atoms with Crippen LogP contribution in [-0.2, 0) is 28.3 Å². The van der Waals surface area contributed by atoms with E-state index in [1.165, 1.54) is 11.8 Å². The highest BCUT2D eigenvalue weighted by Crippen LogP contribution is 2.29. The summed E-state index contributed by atoms with van der Waals surface area (Å²) in [5, 5.41) is 4.41. The summed E-state index contributed by atoms with van der Waals surface area (Å²) in [4.78, 5) is 29.3. The molecule has 4 nitrogen and oxygen atoms in total. The average Bonchev–Trinajstić information content (AvgIpc) is 3.42. The smallest absolute Gasteiger partial charge is 0.243 e. The zero-order valence-electron chi connectivity index (χ0n) is 21.0. The highest BCUT2D eigenvalue weighted by molar-refractivity contribution is 9.10. The molecule has 4 rings (SSSR count). The fourth-order valence-electron chi connectivity index (χ4n) is 4.70. The van der Waals surface area contributed by atoms with Gasteiger partial charge in [0, 0.05) is 39.3 Å². The number of hydrogen-bond donors (Lipinski definition) is 1. The summed E-state index contributed by atoms with van der Waals surface area (Å²) in [6.45, 7) is 0.342. The molecule has 1 atom stereocenters. The van der Waals surface area contributed by atoms with Crippen molar-refractivity contribution in [3.8, 4) is 0 Å². The molecule has 8 heteroatoms. The van der Waals surface area contributed by atoms with Gasteiger partial charge in [-0.05, 0) is 53.8 Å². The quantitative estimate of drug-likeness (QED) is 0.236. The van der Waals surface area contributed by atoms with E-state index in [4.69, 9.17) is 23.2 Å². The lowest BCUT2D eigenvalue weighted by atomic mass is 10.0. The molecule has 0 spiro atoms. The first-order valence-electron chi connectivity index (χ1n) is 12.8. The van der Waals surface area contributed by atoms with Crippen LogP contribution in [-0.4, -0.2) is 34.6 Å². The fourth-order valence-corrected chi connectivity index (χ4v) is 6.61. The Morgan fingerprint density at radius 3 is 2.24 bits per heavy atom. The second-order valence-electron chi connectivity index (χ2n) is 9.54. The van der Waals surface area contributed by atoms with Gasteiger partial charge in [0.1, 0.15) is 6.04 Å². The van der Waals surface area contributed by atoms with Gasteiger partial charge < -0.3 is 10.2 Å². The molecule has 0 heterocycles. The summed E-state index contributed by atoms with van der Waals surface area (Å²) in [5.41, 5.74) is 2.79. The highest BCUT2D eigenvalue weighted by Gasteiger charge is 2.32. The molecule has 200 valence electrons. The van der Waals surface area contributed by atoms with Crippen LogP contribution in [0.15, 0.2) is 77.3 Å². The second kappa shape index (κ2) is 14.4. The molecule has 3 aromatic rings. The van der Waals surface area contributed by atoms with Crippen molar-refractivity contribution < 1.29 is 9.59 Å². The molecule has 1 saturated carbocycles.